The molecule has 0 aliphatic heterocycles. The van der Waals surface area contributed by atoms with E-state index in [0.717, 1.165) is 60.0 Å². The van der Waals surface area contributed by atoms with Crippen molar-refractivity contribution in [3.8, 4) is 11.5 Å². The van der Waals surface area contributed by atoms with Crippen molar-refractivity contribution in [3.05, 3.63) is 102 Å². The number of phenols is 2. The molecular formula is C44H52Cl2N6O11S2. The minimum Gasteiger partial charge on any atom is -0.504 e. The summed E-state index contributed by atoms with van der Waals surface area (Å²) in [5, 5.41) is 45.0. The summed E-state index contributed by atoms with van der Waals surface area (Å²) in [6, 6.07) is 11.8. The number of aromatic hydroxyl groups is 2. The molecule has 4 aromatic carbocycles. The molecule has 7 rings (SSSR count). The summed E-state index contributed by atoms with van der Waals surface area (Å²) in [6.07, 6.45) is 5.87. The number of hydrogen-bond acceptors (Lipinski definition) is 15. The lowest BCUT2D eigenvalue weighted by atomic mass is 9.87. The van der Waals surface area contributed by atoms with Crippen LogP contribution >= 0.6 is 23.2 Å². The van der Waals surface area contributed by atoms with E-state index in [2.05, 4.69) is 21.3 Å². The van der Waals surface area contributed by atoms with Gasteiger partial charge in [-0.2, -0.15) is 4.31 Å². The van der Waals surface area contributed by atoms with E-state index in [1.54, 1.807) is 25.3 Å². The van der Waals surface area contributed by atoms with Crippen molar-refractivity contribution in [2.24, 2.45) is 5.92 Å². The zero-order valence-corrected chi connectivity index (χ0v) is 39.3. The SMILES string of the molecule is COCCC1(Nc2c(Nc3ccc(Cl)c(S(=O)(=O)N(C)Cc4cccc(C(NC5=C(Nc6ccc(Cl)c(S(=O)(=O)N(C)C)c6O)C(O)C5=O)C5CCCC5)c4)c3O)c(=O)c2=O)CCCC1. The largest absolute Gasteiger partial charge is 0.504 e. The van der Waals surface area contributed by atoms with Crippen molar-refractivity contribution in [2.75, 3.05) is 50.8 Å². The molecule has 65 heavy (non-hydrogen) atoms. The fraction of sp³-hybridized carbons (Fsp3) is 0.432. The van der Waals surface area contributed by atoms with E-state index in [1.807, 2.05) is 6.07 Å². The minimum atomic E-state index is -4.52. The van der Waals surface area contributed by atoms with Crippen molar-refractivity contribution >= 4 is 71.8 Å². The maximum absolute atomic E-state index is 14.2. The third-order valence-electron chi connectivity index (χ3n) is 12.7. The minimum absolute atomic E-state index is 0.0102. The number of benzene rings is 3. The van der Waals surface area contributed by atoms with Crippen LogP contribution in [-0.4, -0.2) is 93.1 Å². The van der Waals surface area contributed by atoms with Crippen LogP contribution in [0.2, 0.25) is 10.0 Å². The van der Waals surface area contributed by atoms with Gasteiger partial charge in [0.15, 0.2) is 17.6 Å². The van der Waals surface area contributed by atoms with Crippen molar-refractivity contribution in [3.63, 3.8) is 0 Å². The van der Waals surface area contributed by atoms with E-state index in [4.69, 9.17) is 27.9 Å². The molecule has 21 heteroatoms. The number of carbonyl (C=O) groups is 1. The van der Waals surface area contributed by atoms with Gasteiger partial charge >= 0.3 is 0 Å². The van der Waals surface area contributed by atoms with Gasteiger partial charge in [0.1, 0.15) is 26.9 Å². The quantitative estimate of drug-likeness (QED) is 0.0443. The summed E-state index contributed by atoms with van der Waals surface area (Å²) < 4.78 is 61.6. The van der Waals surface area contributed by atoms with E-state index in [9.17, 15) is 46.5 Å². The zero-order chi connectivity index (χ0) is 47.2. The Morgan fingerprint density at radius 2 is 1.40 bits per heavy atom. The average molecular weight is 976 g/mol. The van der Waals surface area contributed by atoms with Gasteiger partial charge in [-0.1, -0.05) is 73.2 Å². The molecule has 0 amide bonds. The van der Waals surface area contributed by atoms with Crippen LogP contribution in [0.5, 0.6) is 11.5 Å². The van der Waals surface area contributed by atoms with Gasteiger partial charge in [-0.15, -0.1) is 0 Å². The lowest BCUT2D eigenvalue weighted by Crippen LogP contribution is -2.47. The number of anilines is 4. The Hall–Kier alpha value is -4.73. The fourth-order valence-electron chi connectivity index (χ4n) is 8.97. The fourth-order valence-corrected chi connectivity index (χ4v) is 12.2. The number of hydrogen-bond donors (Lipinski definition) is 7. The zero-order valence-electron chi connectivity index (χ0n) is 36.2. The predicted molar refractivity (Wildman–Crippen MR) is 248 cm³/mol. The van der Waals surface area contributed by atoms with Gasteiger partial charge < -0.3 is 41.3 Å². The second kappa shape index (κ2) is 18.9. The van der Waals surface area contributed by atoms with Crippen LogP contribution in [0.25, 0.3) is 0 Å². The molecule has 0 heterocycles. The normalized spacial score (nSPS) is 18.4. The predicted octanol–water partition coefficient (Wildman–Crippen LogP) is 5.66. The topological polar surface area (TPSA) is 244 Å². The number of nitrogens with zero attached hydrogens (tertiary/aromatic N) is 2. The lowest BCUT2D eigenvalue weighted by Gasteiger charge is -2.35. The molecule has 2 saturated carbocycles. The lowest BCUT2D eigenvalue weighted by molar-refractivity contribution is -0.125. The summed E-state index contributed by atoms with van der Waals surface area (Å²) in [5.41, 5.74) is -0.994. The number of ether oxygens (including phenoxy) is 1. The first-order chi connectivity index (χ1) is 30.7. The molecule has 4 aromatic rings. The van der Waals surface area contributed by atoms with Crippen molar-refractivity contribution < 1.29 is 41.7 Å². The second-order valence-electron chi connectivity index (χ2n) is 17.1. The average Bonchev–Trinajstić information content (AvgIpc) is 3.98. The van der Waals surface area contributed by atoms with E-state index in [0.29, 0.717) is 24.2 Å². The second-order valence-corrected chi connectivity index (χ2v) is 22.0. The summed E-state index contributed by atoms with van der Waals surface area (Å²) in [6.45, 7) is 0.260. The molecule has 0 saturated heterocycles. The van der Waals surface area contributed by atoms with Gasteiger partial charge in [-0.3, -0.25) is 14.4 Å². The Balaban J connectivity index is 1.13. The molecule has 7 N–H and O–H groups in total. The number of carbonyl (C=O) groups excluding carboxylic acids is 1. The van der Waals surface area contributed by atoms with Crippen LogP contribution in [0.4, 0.5) is 22.7 Å². The van der Waals surface area contributed by atoms with Crippen LogP contribution in [-0.2, 0) is 36.1 Å². The van der Waals surface area contributed by atoms with Crippen molar-refractivity contribution in [2.45, 2.75) is 91.8 Å². The van der Waals surface area contributed by atoms with Crippen molar-refractivity contribution in [1.29, 1.82) is 0 Å². The third kappa shape index (κ3) is 9.21. The Morgan fingerprint density at radius 3 is 2.00 bits per heavy atom. The van der Waals surface area contributed by atoms with Gasteiger partial charge in [0.25, 0.3) is 10.9 Å². The summed E-state index contributed by atoms with van der Waals surface area (Å²) in [5.74, 6) is -2.05. The molecule has 3 aliphatic carbocycles. The van der Waals surface area contributed by atoms with Crippen molar-refractivity contribution in [1.82, 2.24) is 13.9 Å². The van der Waals surface area contributed by atoms with Crippen LogP contribution in [0.3, 0.4) is 0 Å². The van der Waals surface area contributed by atoms with E-state index in [-0.39, 0.29) is 56.7 Å². The van der Waals surface area contributed by atoms with Gasteiger partial charge in [0, 0.05) is 46.9 Å². The number of aliphatic hydroxyl groups excluding tert-OH is 1. The highest BCUT2D eigenvalue weighted by Gasteiger charge is 2.42. The molecule has 0 aromatic heterocycles. The number of Topliss-reactive ketones (excluding diaryl/α,β-unsaturated/α-hetero) is 1. The first-order valence-electron chi connectivity index (χ1n) is 21.1. The summed E-state index contributed by atoms with van der Waals surface area (Å²) in [4.78, 5) is 37.7. The highest BCUT2D eigenvalue weighted by molar-refractivity contribution is 7.89. The molecule has 17 nitrogen and oxygen atoms in total. The number of phenolic OH excluding ortho intramolecular Hbond substituents is 2. The third-order valence-corrected chi connectivity index (χ3v) is 17.3. The molecule has 2 unspecified atom stereocenters. The summed E-state index contributed by atoms with van der Waals surface area (Å²) in [7, 11) is -3.23. The number of methoxy groups -OCH3 is 1. The number of rotatable bonds is 19. The molecular weight excluding hydrogens is 924 g/mol. The molecule has 0 bridgehead atoms. The Labute approximate surface area is 387 Å². The van der Waals surface area contributed by atoms with Gasteiger partial charge in [0.2, 0.25) is 25.8 Å². The highest BCUT2D eigenvalue weighted by atomic mass is 35.5. The highest BCUT2D eigenvalue weighted by Crippen LogP contribution is 2.44. The van der Waals surface area contributed by atoms with E-state index in [1.165, 1.54) is 45.4 Å². The maximum Gasteiger partial charge on any atom is 0.253 e. The van der Waals surface area contributed by atoms with Crippen LogP contribution in [0.15, 0.2) is 79.3 Å². The monoisotopic (exact) mass is 974 g/mol. The molecule has 0 radical (unpaired) electrons. The van der Waals surface area contributed by atoms with Gasteiger partial charge in [-0.25, -0.2) is 21.1 Å². The number of ketones is 1. The van der Waals surface area contributed by atoms with Gasteiger partial charge in [-0.05, 0) is 73.4 Å². The first-order valence-corrected chi connectivity index (χ1v) is 24.7. The molecule has 2 atom stereocenters. The number of aliphatic hydroxyl groups is 1. The smallest absolute Gasteiger partial charge is 0.253 e. The van der Waals surface area contributed by atoms with Crippen LogP contribution < -0.4 is 32.1 Å². The Bertz CT molecular complexity index is 2840. The van der Waals surface area contributed by atoms with E-state index >= 15 is 0 Å². The maximum atomic E-state index is 14.2. The Kier molecular flexibility index (Phi) is 14.0. The molecule has 3 aliphatic rings. The first kappa shape index (κ1) is 48.2. The Morgan fingerprint density at radius 1 is 0.815 bits per heavy atom. The molecule has 0 spiro atoms. The number of halogens is 2. The van der Waals surface area contributed by atoms with E-state index < -0.39 is 75.7 Å². The number of nitrogens with one attached hydrogen (secondary N) is 4. The van der Waals surface area contributed by atoms with Gasteiger partial charge in [0.05, 0.1) is 33.2 Å². The standard InChI is InChI=1S/C44H52Cl2N6O11S2/c1-51(2)64(59,60)42-27(45)14-16-29(36(42)53)47-32-33(39(56)38(32)55)49-31(25-11-5-6-12-25)26-13-9-10-24(22-26)23-52(3)65(61,62)43-28(46)15-17-30(37(43)54)48-34-35(41(58)40(34)57)50-44(20-21-63-4)18-7-8-19-44/h9-10,13-17,22,25,31,38,47-50,53-55H,5-8,11-12,18-21,23H2,1-4H3. The summed E-state index contributed by atoms with van der Waals surface area (Å²) >= 11 is 12.7. The molecule has 2 fully saturated rings. The number of sulfonamides is 2. The van der Waals surface area contributed by atoms with Crippen LogP contribution in [0, 0.1) is 5.92 Å². The van der Waals surface area contributed by atoms with Crippen LogP contribution in [0.1, 0.15) is 75.0 Å². The molecule has 350 valence electrons.